The summed E-state index contributed by atoms with van der Waals surface area (Å²) in [5, 5.41) is 6.43. The molecule has 1 aromatic carbocycles. The Morgan fingerprint density at radius 2 is 2.09 bits per heavy atom. The second-order valence-corrected chi connectivity index (χ2v) is 6.01. The molecule has 3 rings (SSSR count). The summed E-state index contributed by atoms with van der Waals surface area (Å²) in [6, 6.07) is 5.14. The van der Waals surface area contributed by atoms with Crippen molar-refractivity contribution in [3.63, 3.8) is 0 Å². The summed E-state index contributed by atoms with van der Waals surface area (Å²) in [5.41, 5.74) is 1.15. The third-order valence-corrected chi connectivity index (χ3v) is 4.44. The van der Waals surface area contributed by atoms with Crippen LogP contribution in [0, 0.1) is 0 Å². The van der Waals surface area contributed by atoms with Crippen LogP contribution in [0.5, 0.6) is 0 Å². The number of anilines is 1. The second-order valence-electron chi connectivity index (χ2n) is 5.60. The van der Waals surface area contributed by atoms with Crippen LogP contribution in [0.3, 0.4) is 0 Å². The molecule has 23 heavy (non-hydrogen) atoms. The van der Waals surface area contributed by atoms with Gasteiger partial charge in [-0.15, -0.1) is 12.4 Å². The molecule has 2 saturated heterocycles. The van der Waals surface area contributed by atoms with Gasteiger partial charge in [-0.25, -0.2) is 4.79 Å². The lowest BCUT2D eigenvalue weighted by molar-refractivity contribution is 0.0656. The van der Waals surface area contributed by atoms with Gasteiger partial charge in [-0.2, -0.15) is 0 Å². The zero-order chi connectivity index (χ0) is 15.7. The highest BCUT2D eigenvalue weighted by Crippen LogP contribution is 2.26. The molecule has 2 N–H and O–H groups in total. The maximum Gasteiger partial charge on any atom is 0.321 e. The van der Waals surface area contributed by atoms with E-state index in [-0.39, 0.29) is 30.4 Å². The fourth-order valence-electron chi connectivity index (χ4n) is 2.86. The van der Waals surface area contributed by atoms with Gasteiger partial charge in [-0.3, -0.25) is 9.69 Å². The van der Waals surface area contributed by atoms with Crippen molar-refractivity contribution in [2.45, 2.75) is 13.0 Å². The van der Waals surface area contributed by atoms with Crippen LogP contribution in [0.4, 0.5) is 10.5 Å². The molecule has 2 heterocycles. The van der Waals surface area contributed by atoms with Crippen LogP contribution in [0.2, 0.25) is 5.02 Å². The first-order valence-electron chi connectivity index (χ1n) is 7.44. The second kappa shape index (κ2) is 7.38. The molecule has 1 atom stereocenters. The van der Waals surface area contributed by atoms with E-state index in [1.807, 2.05) is 11.8 Å². The van der Waals surface area contributed by atoms with Crippen molar-refractivity contribution in [1.29, 1.82) is 0 Å². The molecule has 0 radical (unpaired) electrons. The third kappa shape index (κ3) is 3.54. The molecule has 3 amide bonds. The minimum Gasteiger partial charge on any atom is -0.336 e. The Balaban J connectivity index is 0.00000192. The lowest BCUT2D eigenvalue weighted by Crippen LogP contribution is -2.52. The monoisotopic (exact) mass is 358 g/mol. The highest BCUT2D eigenvalue weighted by Gasteiger charge is 2.27. The van der Waals surface area contributed by atoms with Crippen LogP contribution in [0.1, 0.15) is 17.3 Å². The predicted octanol–water partition coefficient (Wildman–Crippen LogP) is 1.73. The summed E-state index contributed by atoms with van der Waals surface area (Å²) >= 11 is 6.22. The first-order chi connectivity index (χ1) is 10.6. The molecule has 2 aliphatic heterocycles. The number of nitrogens with zero attached hydrogens (tertiary/aromatic N) is 2. The average Bonchev–Trinajstić information content (AvgIpc) is 2.94. The summed E-state index contributed by atoms with van der Waals surface area (Å²) in [7, 11) is 0. The van der Waals surface area contributed by atoms with Gasteiger partial charge in [0.25, 0.3) is 5.91 Å². The van der Waals surface area contributed by atoms with Crippen LogP contribution in [0.25, 0.3) is 0 Å². The lowest BCUT2D eigenvalue weighted by atomic mass is 10.1. The molecular formula is C15H20Cl2N4O2. The Hall–Kier alpha value is -1.50. The van der Waals surface area contributed by atoms with E-state index in [0.717, 1.165) is 13.1 Å². The van der Waals surface area contributed by atoms with Crippen molar-refractivity contribution in [2.75, 3.05) is 37.6 Å². The van der Waals surface area contributed by atoms with E-state index in [9.17, 15) is 9.59 Å². The van der Waals surface area contributed by atoms with E-state index >= 15 is 0 Å². The molecule has 8 heteroatoms. The largest absolute Gasteiger partial charge is 0.336 e. The molecule has 6 nitrogen and oxygen atoms in total. The molecule has 2 aliphatic rings. The molecule has 0 saturated carbocycles. The number of rotatable bonds is 2. The van der Waals surface area contributed by atoms with E-state index in [4.69, 9.17) is 11.6 Å². The van der Waals surface area contributed by atoms with Crippen LogP contribution in [0.15, 0.2) is 18.2 Å². The van der Waals surface area contributed by atoms with Crippen LogP contribution in [-0.4, -0.2) is 55.6 Å². The third-order valence-electron chi connectivity index (χ3n) is 4.11. The fourth-order valence-corrected chi connectivity index (χ4v) is 3.06. The number of halogens is 2. The minimum absolute atomic E-state index is 0. The zero-order valence-electron chi connectivity index (χ0n) is 12.8. The Bertz CT molecular complexity index is 611. The van der Waals surface area contributed by atoms with Crippen molar-refractivity contribution in [1.82, 2.24) is 15.5 Å². The van der Waals surface area contributed by atoms with E-state index in [1.54, 1.807) is 23.1 Å². The Morgan fingerprint density at radius 3 is 2.74 bits per heavy atom. The number of benzene rings is 1. The molecule has 0 aromatic heterocycles. The van der Waals surface area contributed by atoms with Gasteiger partial charge in [0.1, 0.15) is 0 Å². The number of hydrogen-bond donors (Lipinski definition) is 2. The molecule has 0 bridgehead atoms. The van der Waals surface area contributed by atoms with Crippen molar-refractivity contribution < 1.29 is 9.59 Å². The summed E-state index contributed by atoms with van der Waals surface area (Å²) in [6.07, 6.45) is 0. The normalized spacial score (nSPS) is 21.0. The topological polar surface area (TPSA) is 64.7 Å². The number of hydrogen-bond acceptors (Lipinski definition) is 3. The summed E-state index contributed by atoms with van der Waals surface area (Å²) < 4.78 is 0. The number of nitrogens with one attached hydrogen (secondary N) is 2. The number of carbonyl (C=O) groups is 2. The average molecular weight is 359 g/mol. The summed E-state index contributed by atoms with van der Waals surface area (Å²) in [5.74, 6) is -0.0829. The van der Waals surface area contributed by atoms with Crippen LogP contribution >= 0.6 is 24.0 Å². The SMILES string of the molecule is CC1CNCCN1C(=O)c1cc(N2CCNC2=O)ccc1Cl.Cl. The summed E-state index contributed by atoms with van der Waals surface area (Å²) in [6.45, 7) is 5.43. The smallest absolute Gasteiger partial charge is 0.321 e. The van der Waals surface area contributed by atoms with Crippen molar-refractivity contribution in [3.8, 4) is 0 Å². The zero-order valence-corrected chi connectivity index (χ0v) is 14.4. The number of urea groups is 1. The molecule has 1 unspecified atom stereocenters. The molecule has 0 aliphatic carbocycles. The summed E-state index contributed by atoms with van der Waals surface area (Å²) in [4.78, 5) is 28.0. The minimum atomic E-state index is -0.142. The van der Waals surface area contributed by atoms with E-state index in [0.29, 0.717) is 35.9 Å². The van der Waals surface area contributed by atoms with E-state index in [1.165, 1.54) is 0 Å². The van der Waals surface area contributed by atoms with Gasteiger partial charge in [0.15, 0.2) is 0 Å². The number of carbonyl (C=O) groups excluding carboxylic acids is 2. The van der Waals surface area contributed by atoms with Crippen LogP contribution in [-0.2, 0) is 0 Å². The Labute approximate surface area is 146 Å². The van der Waals surface area contributed by atoms with Crippen molar-refractivity contribution in [2.24, 2.45) is 0 Å². The molecular weight excluding hydrogens is 339 g/mol. The Kier molecular flexibility index (Phi) is 5.73. The standard InChI is InChI=1S/C15H19ClN4O2.ClH/c1-10-9-17-4-6-19(10)14(21)12-8-11(2-3-13(12)16)20-7-5-18-15(20)22;/h2-3,8,10,17H,4-7,9H2,1H3,(H,18,22);1H. The van der Waals surface area contributed by atoms with Gasteiger partial charge in [-0.05, 0) is 25.1 Å². The van der Waals surface area contributed by atoms with Gasteiger partial charge in [0.2, 0.25) is 0 Å². The quantitative estimate of drug-likeness (QED) is 0.845. The van der Waals surface area contributed by atoms with Gasteiger partial charge in [0, 0.05) is 44.5 Å². The molecule has 2 fully saturated rings. The maximum atomic E-state index is 12.8. The van der Waals surface area contributed by atoms with Crippen molar-refractivity contribution in [3.05, 3.63) is 28.8 Å². The van der Waals surface area contributed by atoms with E-state index < -0.39 is 0 Å². The van der Waals surface area contributed by atoms with Gasteiger partial charge >= 0.3 is 6.03 Å². The molecule has 0 spiro atoms. The highest BCUT2D eigenvalue weighted by molar-refractivity contribution is 6.34. The fraction of sp³-hybridized carbons (Fsp3) is 0.467. The number of amides is 3. The maximum absolute atomic E-state index is 12.8. The lowest BCUT2D eigenvalue weighted by Gasteiger charge is -2.34. The highest BCUT2D eigenvalue weighted by atomic mass is 35.5. The molecule has 1 aromatic rings. The Morgan fingerprint density at radius 1 is 1.30 bits per heavy atom. The first kappa shape index (κ1) is 17.8. The van der Waals surface area contributed by atoms with E-state index in [2.05, 4.69) is 10.6 Å². The van der Waals surface area contributed by atoms with Crippen LogP contribution < -0.4 is 15.5 Å². The first-order valence-corrected chi connectivity index (χ1v) is 7.82. The predicted molar refractivity (Wildman–Crippen MR) is 92.8 cm³/mol. The number of piperazine rings is 1. The van der Waals surface area contributed by atoms with Gasteiger partial charge in [0.05, 0.1) is 10.6 Å². The molecule has 126 valence electrons. The van der Waals surface area contributed by atoms with Gasteiger partial charge < -0.3 is 15.5 Å². The van der Waals surface area contributed by atoms with Crippen molar-refractivity contribution >= 4 is 41.6 Å². The van der Waals surface area contributed by atoms with Gasteiger partial charge in [-0.1, -0.05) is 11.6 Å².